The summed E-state index contributed by atoms with van der Waals surface area (Å²) in [7, 11) is 5.07. The lowest BCUT2D eigenvalue weighted by Crippen LogP contribution is -2.31. The Morgan fingerprint density at radius 1 is 0.538 bits per heavy atom. The third kappa shape index (κ3) is 3.62. The van der Waals surface area contributed by atoms with E-state index in [2.05, 4.69) is 12.1 Å². The molecule has 3 rings (SSSR count). The fourth-order valence-corrected chi connectivity index (χ4v) is 3.18. The largest absolute Gasteiger partial charge is 0.497 e. The Morgan fingerprint density at radius 2 is 0.923 bits per heavy atom. The summed E-state index contributed by atoms with van der Waals surface area (Å²) in [6.07, 6.45) is 0. The van der Waals surface area contributed by atoms with Crippen molar-refractivity contribution in [1.29, 1.82) is 0 Å². The molecule has 4 heteroatoms. The molecule has 26 heavy (non-hydrogen) atoms. The average Bonchev–Trinajstić information content (AvgIpc) is 2.71. The van der Waals surface area contributed by atoms with Crippen LogP contribution in [0.3, 0.4) is 0 Å². The quantitative estimate of drug-likeness (QED) is 0.517. The van der Waals surface area contributed by atoms with E-state index < -0.39 is 5.60 Å². The molecule has 3 nitrogen and oxygen atoms in total. The Labute approximate surface area is 165 Å². The summed E-state index contributed by atoms with van der Waals surface area (Å²) < 4.78 is 16.8. The van der Waals surface area contributed by atoms with Crippen molar-refractivity contribution in [3.8, 4) is 11.5 Å². The number of hydrogen-bond donors (Lipinski definition) is 0. The molecule has 0 amide bonds. The first-order valence-corrected chi connectivity index (χ1v) is 8.14. The predicted octanol–water partition coefficient (Wildman–Crippen LogP) is 5.22. The molecule has 0 radical (unpaired) electrons. The van der Waals surface area contributed by atoms with Crippen molar-refractivity contribution in [3.63, 3.8) is 0 Å². The summed E-state index contributed by atoms with van der Waals surface area (Å²) >= 11 is 0. The van der Waals surface area contributed by atoms with Crippen molar-refractivity contribution >= 4 is 17.0 Å². The fraction of sp³-hybridized carbons (Fsp3) is 0.182. The van der Waals surface area contributed by atoms with Gasteiger partial charge in [0.2, 0.25) is 0 Å². The van der Waals surface area contributed by atoms with Gasteiger partial charge in [0.1, 0.15) is 17.1 Å². The molecule has 0 N–H and O–H groups in total. The van der Waals surface area contributed by atoms with Crippen LogP contribution in [0, 0.1) is 0 Å². The first-order chi connectivity index (χ1) is 12.2. The molecular weight excluding hydrogens is 392 g/mol. The Morgan fingerprint density at radius 3 is 1.27 bits per heavy atom. The van der Waals surface area contributed by atoms with Gasteiger partial charge in [0.05, 0.1) is 14.2 Å². The van der Waals surface area contributed by atoms with E-state index in [0.29, 0.717) is 0 Å². The second-order valence-corrected chi connectivity index (χ2v) is 5.71. The molecule has 0 saturated heterocycles. The maximum Gasteiger partial charge on any atom is 0.143 e. The van der Waals surface area contributed by atoms with E-state index in [-0.39, 0.29) is 17.0 Å². The zero-order valence-electron chi connectivity index (χ0n) is 15.1. The first-order valence-electron chi connectivity index (χ1n) is 8.14. The maximum absolute atomic E-state index is 6.16. The van der Waals surface area contributed by atoms with Gasteiger partial charge in [-0.05, 0) is 41.0 Å². The molecule has 0 bridgehead atoms. The van der Waals surface area contributed by atoms with Crippen molar-refractivity contribution in [3.05, 3.63) is 95.6 Å². The summed E-state index contributed by atoms with van der Waals surface area (Å²) in [6, 6.07) is 26.2. The Kier molecular flexibility index (Phi) is 6.83. The SMILES string of the molecule is Br.COc1ccc(C(OC)(c2ccccc2)c2ccc(OC)cc2)cc1. The number of rotatable bonds is 6. The standard InChI is InChI=1S/C22H22O3.BrH/c1-23-20-13-9-18(10-14-20)22(25-3,17-7-5-4-6-8-17)19-11-15-21(24-2)16-12-19;/h4-16H,1-3H3;1H. The molecule has 0 aliphatic carbocycles. The zero-order chi connectivity index (χ0) is 17.7. The minimum atomic E-state index is -0.709. The van der Waals surface area contributed by atoms with Crippen LogP contribution in [0.1, 0.15) is 16.7 Å². The molecule has 0 aliphatic rings. The van der Waals surface area contributed by atoms with Crippen molar-refractivity contribution in [1.82, 2.24) is 0 Å². The van der Waals surface area contributed by atoms with Crippen LogP contribution in [-0.2, 0) is 10.3 Å². The minimum Gasteiger partial charge on any atom is -0.497 e. The number of halogens is 1. The highest BCUT2D eigenvalue weighted by Gasteiger charge is 2.36. The lowest BCUT2D eigenvalue weighted by atomic mass is 9.80. The first kappa shape index (κ1) is 20.0. The maximum atomic E-state index is 6.16. The van der Waals surface area contributed by atoms with Crippen molar-refractivity contribution in [2.75, 3.05) is 21.3 Å². The lowest BCUT2D eigenvalue weighted by molar-refractivity contribution is 0.0584. The van der Waals surface area contributed by atoms with Gasteiger partial charge in [-0.2, -0.15) is 0 Å². The highest BCUT2D eigenvalue weighted by molar-refractivity contribution is 8.93. The second kappa shape index (κ2) is 8.88. The van der Waals surface area contributed by atoms with Crippen LogP contribution in [0.25, 0.3) is 0 Å². The Balaban J connectivity index is 0.00000243. The number of benzene rings is 3. The Bertz CT molecular complexity index is 752. The van der Waals surface area contributed by atoms with Gasteiger partial charge in [0.15, 0.2) is 0 Å². The molecule has 0 saturated carbocycles. The van der Waals surface area contributed by atoms with Gasteiger partial charge in [0.25, 0.3) is 0 Å². The summed E-state index contributed by atoms with van der Waals surface area (Å²) in [5.41, 5.74) is 2.42. The van der Waals surface area contributed by atoms with E-state index in [1.165, 1.54) is 0 Å². The smallest absolute Gasteiger partial charge is 0.143 e. The van der Waals surface area contributed by atoms with Crippen LogP contribution < -0.4 is 9.47 Å². The van der Waals surface area contributed by atoms with Crippen molar-refractivity contribution in [2.24, 2.45) is 0 Å². The van der Waals surface area contributed by atoms with Gasteiger partial charge >= 0.3 is 0 Å². The second-order valence-electron chi connectivity index (χ2n) is 5.71. The van der Waals surface area contributed by atoms with Crippen LogP contribution in [0.4, 0.5) is 0 Å². The van der Waals surface area contributed by atoms with Gasteiger partial charge in [-0.1, -0.05) is 54.6 Å². The molecular formula is C22H23BrO3. The van der Waals surface area contributed by atoms with E-state index in [0.717, 1.165) is 28.2 Å². The van der Waals surface area contributed by atoms with Gasteiger partial charge in [-0.25, -0.2) is 0 Å². The normalized spacial score (nSPS) is 10.7. The fourth-order valence-electron chi connectivity index (χ4n) is 3.18. The van der Waals surface area contributed by atoms with Gasteiger partial charge in [-0.3, -0.25) is 0 Å². The molecule has 0 aromatic heterocycles. The van der Waals surface area contributed by atoms with E-state index in [9.17, 15) is 0 Å². The Hall–Kier alpha value is -2.30. The molecule has 0 aliphatic heterocycles. The summed E-state index contributed by atoms with van der Waals surface area (Å²) in [5.74, 6) is 1.63. The molecule has 0 spiro atoms. The summed E-state index contributed by atoms with van der Waals surface area (Å²) in [6.45, 7) is 0. The van der Waals surface area contributed by atoms with Crippen molar-refractivity contribution < 1.29 is 14.2 Å². The molecule has 3 aromatic rings. The topological polar surface area (TPSA) is 27.7 Å². The van der Waals surface area contributed by atoms with E-state index in [1.54, 1.807) is 21.3 Å². The summed E-state index contributed by atoms with van der Waals surface area (Å²) in [5, 5.41) is 0. The van der Waals surface area contributed by atoms with E-state index >= 15 is 0 Å². The molecule has 3 aromatic carbocycles. The van der Waals surface area contributed by atoms with Crippen LogP contribution in [0.15, 0.2) is 78.9 Å². The van der Waals surface area contributed by atoms with E-state index in [1.807, 2.05) is 66.7 Å². The molecule has 136 valence electrons. The monoisotopic (exact) mass is 414 g/mol. The number of ether oxygens (including phenoxy) is 3. The van der Waals surface area contributed by atoms with E-state index in [4.69, 9.17) is 14.2 Å². The van der Waals surface area contributed by atoms with Crippen molar-refractivity contribution in [2.45, 2.75) is 5.60 Å². The number of methoxy groups -OCH3 is 3. The summed E-state index contributed by atoms with van der Waals surface area (Å²) in [4.78, 5) is 0. The predicted molar refractivity (Wildman–Crippen MR) is 110 cm³/mol. The minimum absolute atomic E-state index is 0. The molecule has 0 atom stereocenters. The third-order valence-electron chi connectivity index (χ3n) is 4.48. The van der Waals surface area contributed by atoms with Crippen LogP contribution >= 0.6 is 17.0 Å². The van der Waals surface area contributed by atoms with Crippen LogP contribution in [0.5, 0.6) is 11.5 Å². The number of hydrogen-bond acceptors (Lipinski definition) is 3. The van der Waals surface area contributed by atoms with Gasteiger partial charge in [0, 0.05) is 7.11 Å². The molecule has 0 unspecified atom stereocenters. The zero-order valence-corrected chi connectivity index (χ0v) is 16.9. The molecule has 0 heterocycles. The third-order valence-corrected chi connectivity index (χ3v) is 4.48. The lowest BCUT2D eigenvalue weighted by Gasteiger charge is -2.34. The molecule has 0 fully saturated rings. The average molecular weight is 415 g/mol. The highest BCUT2D eigenvalue weighted by atomic mass is 79.9. The van der Waals surface area contributed by atoms with Gasteiger partial charge < -0.3 is 14.2 Å². The van der Waals surface area contributed by atoms with Crippen LogP contribution in [-0.4, -0.2) is 21.3 Å². The highest BCUT2D eigenvalue weighted by Crippen LogP contribution is 2.40. The van der Waals surface area contributed by atoms with Crippen LogP contribution in [0.2, 0.25) is 0 Å². The van der Waals surface area contributed by atoms with Gasteiger partial charge in [-0.15, -0.1) is 17.0 Å².